The highest BCUT2D eigenvalue weighted by Gasteiger charge is 2.25. The molecule has 6 heteroatoms. The highest BCUT2D eigenvalue weighted by Crippen LogP contribution is 2.33. The average molecular weight is 451 g/mol. The third kappa shape index (κ3) is 4.86. The number of benzene rings is 1. The van der Waals surface area contributed by atoms with Gasteiger partial charge in [-0.15, -0.1) is 0 Å². The van der Waals surface area contributed by atoms with E-state index in [-0.39, 0.29) is 5.41 Å². The topological polar surface area (TPSA) is 54.2 Å². The lowest BCUT2D eigenvalue weighted by Gasteiger charge is -2.34. The zero-order valence-electron chi connectivity index (χ0n) is 20.0. The Kier molecular flexibility index (Phi) is 6.63. The van der Waals surface area contributed by atoms with Gasteiger partial charge in [0.05, 0.1) is 0 Å². The molecule has 0 saturated carbocycles. The maximum atomic E-state index is 5.60. The molecule has 5 nitrogen and oxygen atoms in total. The summed E-state index contributed by atoms with van der Waals surface area (Å²) in [6, 6.07) is 11.5. The summed E-state index contributed by atoms with van der Waals surface area (Å²) in [6.45, 7) is 14.9. The number of nitrogens with one attached hydrogen (secondary N) is 1. The average Bonchev–Trinajstić information content (AvgIpc) is 3.17. The molecule has 0 bridgehead atoms. The van der Waals surface area contributed by atoms with Crippen LogP contribution >= 0.6 is 11.9 Å². The summed E-state index contributed by atoms with van der Waals surface area (Å²) in [5.41, 5.74) is 6.31. The van der Waals surface area contributed by atoms with Gasteiger partial charge in [-0.2, -0.15) is 0 Å². The first-order valence-corrected chi connectivity index (χ1v) is 12.3. The normalized spacial score (nSPS) is 15.4. The van der Waals surface area contributed by atoms with Crippen molar-refractivity contribution in [2.45, 2.75) is 77.3 Å². The molecule has 0 saturated heterocycles. The van der Waals surface area contributed by atoms with Crippen LogP contribution in [-0.4, -0.2) is 21.6 Å². The molecule has 1 aliphatic heterocycles. The highest BCUT2D eigenvalue weighted by atomic mass is 32.2. The van der Waals surface area contributed by atoms with Crippen molar-refractivity contribution in [2.24, 2.45) is 0 Å². The molecule has 1 unspecified atom stereocenters. The molecule has 3 aromatic rings. The van der Waals surface area contributed by atoms with Crippen LogP contribution in [0, 0.1) is 6.92 Å². The van der Waals surface area contributed by atoms with Gasteiger partial charge in [-0.05, 0) is 73.5 Å². The van der Waals surface area contributed by atoms with Gasteiger partial charge in [-0.1, -0.05) is 45.0 Å². The van der Waals surface area contributed by atoms with Gasteiger partial charge in [-0.25, -0.2) is 0 Å². The predicted molar refractivity (Wildman–Crippen MR) is 132 cm³/mol. The lowest BCUT2D eigenvalue weighted by Crippen LogP contribution is -2.33. The van der Waals surface area contributed by atoms with Crippen molar-refractivity contribution < 1.29 is 4.52 Å². The number of aromatic nitrogens is 2. The fourth-order valence-corrected chi connectivity index (χ4v) is 5.03. The number of rotatable bonds is 6. The van der Waals surface area contributed by atoms with Gasteiger partial charge in [0.15, 0.2) is 5.82 Å². The molecule has 0 radical (unpaired) electrons. The number of anilines is 1. The third-order valence-electron chi connectivity index (χ3n) is 6.33. The van der Waals surface area contributed by atoms with Gasteiger partial charge in [-0.3, -0.25) is 9.88 Å². The van der Waals surface area contributed by atoms with E-state index in [1.54, 1.807) is 11.9 Å². The zero-order chi connectivity index (χ0) is 22.9. The second-order valence-electron chi connectivity index (χ2n) is 9.70. The molecule has 0 fully saturated rings. The molecular formula is C26H34N4OS. The fourth-order valence-electron chi connectivity index (χ4n) is 4.29. The third-order valence-corrected chi connectivity index (χ3v) is 7.12. The molecule has 0 aliphatic carbocycles. The Morgan fingerprint density at radius 2 is 2.00 bits per heavy atom. The Morgan fingerprint density at radius 1 is 1.19 bits per heavy atom. The monoisotopic (exact) mass is 450 g/mol. The van der Waals surface area contributed by atoms with E-state index in [0.29, 0.717) is 6.04 Å². The maximum Gasteiger partial charge on any atom is 0.182 e. The molecule has 3 heterocycles. The molecule has 2 aromatic heterocycles. The molecule has 4 rings (SSSR count). The molecule has 1 aliphatic rings. The van der Waals surface area contributed by atoms with Crippen LogP contribution in [-0.2, 0) is 24.8 Å². The Labute approximate surface area is 196 Å². The molecule has 170 valence electrons. The molecule has 32 heavy (non-hydrogen) atoms. The Balaban J connectivity index is 1.44. The van der Waals surface area contributed by atoms with E-state index in [1.807, 2.05) is 6.20 Å². The van der Waals surface area contributed by atoms with E-state index >= 15 is 0 Å². The summed E-state index contributed by atoms with van der Waals surface area (Å²) in [6.07, 6.45) is 4.10. The minimum atomic E-state index is -0.0555. The van der Waals surface area contributed by atoms with Crippen molar-refractivity contribution in [3.05, 3.63) is 70.2 Å². The standard InChI is InChI=1S/C26H34N4OS/c1-7-22-10-8-20(15-27-22)18(3)30-13-12-19-9-11-23(14-21(19)16-30)32-29-25-17(2)24(31-28-25)26(4,5)6/h8-11,14-15,18H,7,12-13,16H2,1-6H3,(H,28,29). The summed E-state index contributed by atoms with van der Waals surface area (Å²) < 4.78 is 8.99. The second kappa shape index (κ2) is 9.28. The van der Waals surface area contributed by atoms with Crippen LogP contribution in [0.3, 0.4) is 0 Å². The predicted octanol–water partition coefficient (Wildman–Crippen LogP) is 6.48. The first-order chi connectivity index (χ1) is 15.3. The van der Waals surface area contributed by atoms with Crippen LogP contribution in [0.15, 0.2) is 45.9 Å². The molecular weight excluding hydrogens is 416 g/mol. The maximum absolute atomic E-state index is 5.60. The minimum absolute atomic E-state index is 0.0555. The Hall–Kier alpha value is -2.31. The van der Waals surface area contributed by atoms with Gasteiger partial charge in [0.1, 0.15) is 5.76 Å². The summed E-state index contributed by atoms with van der Waals surface area (Å²) in [4.78, 5) is 8.33. The number of aryl methyl sites for hydroxylation is 1. The van der Waals surface area contributed by atoms with Crippen molar-refractivity contribution in [3.63, 3.8) is 0 Å². The Morgan fingerprint density at radius 3 is 2.66 bits per heavy atom. The van der Waals surface area contributed by atoms with E-state index in [2.05, 4.69) is 91.6 Å². The highest BCUT2D eigenvalue weighted by molar-refractivity contribution is 8.00. The van der Waals surface area contributed by atoms with Crippen LogP contribution < -0.4 is 4.72 Å². The van der Waals surface area contributed by atoms with Gasteiger partial charge < -0.3 is 9.25 Å². The van der Waals surface area contributed by atoms with Crippen LogP contribution in [0.25, 0.3) is 0 Å². The molecule has 1 N–H and O–H groups in total. The first-order valence-electron chi connectivity index (χ1n) is 11.5. The van der Waals surface area contributed by atoms with E-state index in [0.717, 1.165) is 48.8 Å². The quantitative estimate of drug-likeness (QED) is 0.434. The van der Waals surface area contributed by atoms with E-state index < -0.39 is 0 Å². The number of hydrogen-bond donors (Lipinski definition) is 1. The lowest BCUT2D eigenvalue weighted by atomic mass is 9.91. The number of hydrogen-bond acceptors (Lipinski definition) is 6. The molecule has 0 spiro atoms. The summed E-state index contributed by atoms with van der Waals surface area (Å²) in [5, 5.41) is 4.24. The van der Waals surface area contributed by atoms with Crippen LogP contribution in [0.2, 0.25) is 0 Å². The number of fused-ring (bicyclic) bond motifs is 1. The van der Waals surface area contributed by atoms with Gasteiger partial charge in [0, 0.05) is 46.9 Å². The number of pyridine rings is 1. The molecule has 1 aromatic carbocycles. The van der Waals surface area contributed by atoms with E-state index in [1.165, 1.54) is 21.6 Å². The fraction of sp³-hybridized carbons (Fsp3) is 0.462. The van der Waals surface area contributed by atoms with Crippen LogP contribution in [0.5, 0.6) is 0 Å². The van der Waals surface area contributed by atoms with Crippen molar-refractivity contribution in [2.75, 3.05) is 11.3 Å². The number of nitrogens with zero attached hydrogens (tertiary/aromatic N) is 3. The van der Waals surface area contributed by atoms with Gasteiger partial charge in [0.2, 0.25) is 0 Å². The van der Waals surface area contributed by atoms with Crippen molar-refractivity contribution in [3.8, 4) is 0 Å². The van der Waals surface area contributed by atoms with Crippen molar-refractivity contribution >= 4 is 17.8 Å². The zero-order valence-corrected chi connectivity index (χ0v) is 20.8. The first kappa shape index (κ1) is 22.9. The van der Waals surface area contributed by atoms with Crippen molar-refractivity contribution in [1.82, 2.24) is 15.0 Å². The summed E-state index contributed by atoms with van der Waals surface area (Å²) in [7, 11) is 0. The van der Waals surface area contributed by atoms with Crippen LogP contribution in [0.1, 0.15) is 74.4 Å². The van der Waals surface area contributed by atoms with E-state index in [9.17, 15) is 0 Å². The largest absolute Gasteiger partial charge is 0.358 e. The SMILES string of the molecule is CCc1ccc(C(C)N2CCc3ccc(SNc4noc(C(C)(C)C)c4C)cc3C2)cn1. The second-order valence-corrected chi connectivity index (χ2v) is 10.6. The van der Waals surface area contributed by atoms with Crippen molar-refractivity contribution in [1.29, 1.82) is 0 Å². The molecule has 0 amide bonds. The summed E-state index contributed by atoms with van der Waals surface area (Å²) in [5.74, 6) is 1.73. The van der Waals surface area contributed by atoms with Gasteiger partial charge in [0.25, 0.3) is 0 Å². The smallest absolute Gasteiger partial charge is 0.182 e. The van der Waals surface area contributed by atoms with E-state index in [4.69, 9.17) is 4.52 Å². The molecule has 1 atom stereocenters. The summed E-state index contributed by atoms with van der Waals surface area (Å²) >= 11 is 1.59. The van der Waals surface area contributed by atoms with Gasteiger partial charge >= 0.3 is 0 Å². The van der Waals surface area contributed by atoms with Crippen LogP contribution in [0.4, 0.5) is 5.82 Å². The minimum Gasteiger partial charge on any atom is -0.358 e. The lowest BCUT2D eigenvalue weighted by molar-refractivity contribution is 0.191. The Bertz CT molecular complexity index is 1070.